The van der Waals surface area contributed by atoms with Gasteiger partial charge in [-0.2, -0.15) is 0 Å². The summed E-state index contributed by atoms with van der Waals surface area (Å²) >= 11 is 0. The van der Waals surface area contributed by atoms with Gasteiger partial charge in [-0.25, -0.2) is 0 Å². The van der Waals surface area contributed by atoms with Gasteiger partial charge in [0.1, 0.15) is 6.04 Å². The molecule has 1 aliphatic heterocycles. The molecular formula is C26H34N2O4. The Labute approximate surface area is 190 Å². The molecule has 2 aromatic carbocycles. The highest BCUT2D eigenvalue weighted by molar-refractivity contribution is 6.06. The van der Waals surface area contributed by atoms with Gasteiger partial charge < -0.3 is 19.7 Å². The number of nitrogens with one attached hydrogen (secondary N) is 1. The molecule has 172 valence electrons. The van der Waals surface area contributed by atoms with Crippen LogP contribution in [0, 0.1) is 0 Å². The molecule has 1 aliphatic rings. The van der Waals surface area contributed by atoms with Crippen molar-refractivity contribution in [1.29, 1.82) is 0 Å². The number of fused-ring (bicyclic) bond motifs is 1. The van der Waals surface area contributed by atoms with Crippen LogP contribution in [0.15, 0.2) is 36.4 Å². The van der Waals surface area contributed by atoms with Crippen LogP contribution in [0.2, 0.25) is 0 Å². The van der Waals surface area contributed by atoms with Crippen molar-refractivity contribution in [2.24, 2.45) is 0 Å². The van der Waals surface area contributed by atoms with Gasteiger partial charge in [0.05, 0.1) is 20.3 Å². The van der Waals surface area contributed by atoms with Gasteiger partial charge in [0.15, 0.2) is 11.5 Å². The number of carbonyl (C=O) groups is 2. The summed E-state index contributed by atoms with van der Waals surface area (Å²) < 4.78 is 11.3. The highest BCUT2D eigenvalue weighted by atomic mass is 16.5. The first kappa shape index (κ1) is 23.6. The zero-order chi connectivity index (χ0) is 23.1. The maximum atomic E-state index is 13.3. The molecule has 0 spiro atoms. The monoisotopic (exact) mass is 438 g/mol. The van der Waals surface area contributed by atoms with E-state index < -0.39 is 6.04 Å². The fourth-order valence-electron chi connectivity index (χ4n) is 3.97. The summed E-state index contributed by atoms with van der Waals surface area (Å²) in [7, 11) is 1.62. The molecule has 0 bridgehead atoms. The minimum Gasteiger partial charge on any atom is -0.493 e. The Kier molecular flexibility index (Phi) is 8.14. The van der Waals surface area contributed by atoms with Gasteiger partial charge in [0.25, 0.3) is 5.91 Å². The minimum absolute atomic E-state index is 0.120. The van der Waals surface area contributed by atoms with Gasteiger partial charge in [-0.3, -0.25) is 9.59 Å². The van der Waals surface area contributed by atoms with Crippen LogP contribution in [0.4, 0.5) is 5.69 Å². The number of anilines is 1. The fourth-order valence-corrected chi connectivity index (χ4v) is 3.97. The SMILES string of the molecule is CCCCOc1ccc(CN2C(=O)C(NC(C)=O)c3cc(CCCC)ccc32)cc1OC. The minimum atomic E-state index is -0.650. The van der Waals surface area contributed by atoms with E-state index in [-0.39, 0.29) is 11.8 Å². The normalized spacial score (nSPS) is 14.9. The number of benzene rings is 2. The van der Waals surface area contributed by atoms with E-state index in [4.69, 9.17) is 9.47 Å². The Hall–Kier alpha value is -3.02. The molecule has 0 saturated heterocycles. The lowest BCUT2D eigenvalue weighted by molar-refractivity contribution is -0.126. The molecule has 2 aromatic rings. The molecule has 0 aromatic heterocycles. The smallest absolute Gasteiger partial charge is 0.254 e. The molecule has 32 heavy (non-hydrogen) atoms. The third-order valence-corrected chi connectivity index (χ3v) is 5.70. The van der Waals surface area contributed by atoms with E-state index in [9.17, 15) is 9.59 Å². The van der Waals surface area contributed by atoms with E-state index in [0.717, 1.165) is 48.9 Å². The summed E-state index contributed by atoms with van der Waals surface area (Å²) in [6.07, 6.45) is 5.20. The molecular weight excluding hydrogens is 404 g/mol. The molecule has 1 atom stereocenters. The zero-order valence-corrected chi connectivity index (χ0v) is 19.6. The molecule has 1 unspecified atom stereocenters. The molecule has 1 heterocycles. The summed E-state index contributed by atoms with van der Waals surface area (Å²) in [6.45, 7) is 6.76. The average Bonchev–Trinajstić information content (AvgIpc) is 3.03. The van der Waals surface area contributed by atoms with Crippen LogP contribution >= 0.6 is 0 Å². The second-order valence-corrected chi connectivity index (χ2v) is 8.24. The van der Waals surface area contributed by atoms with Crippen molar-refractivity contribution in [1.82, 2.24) is 5.32 Å². The number of carbonyl (C=O) groups excluding carboxylic acids is 2. The van der Waals surface area contributed by atoms with Crippen molar-refractivity contribution < 1.29 is 19.1 Å². The van der Waals surface area contributed by atoms with Gasteiger partial charge >= 0.3 is 0 Å². The number of hydrogen-bond donors (Lipinski definition) is 1. The van der Waals surface area contributed by atoms with Crippen LogP contribution < -0.4 is 19.7 Å². The predicted molar refractivity (Wildman–Crippen MR) is 126 cm³/mol. The lowest BCUT2D eigenvalue weighted by Crippen LogP contribution is -2.36. The van der Waals surface area contributed by atoms with Crippen LogP contribution in [-0.4, -0.2) is 25.5 Å². The first-order valence-electron chi connectivity index (χ1n) is 11.5. The second kappa shape index (κ2) is 11.0. The summed E-state index contributed by atoms with van der Waals surface area (Å²) in [6, 6.07) is 11.3. The molecule has 0 saturated carbocycles. The Morgan fingerprint density at radius 3 is 2.47 bits per heavy atom. The molecule has 2 amide bonds. The Morgan fingerprint density at radius 1 is 1.03 bits per heavy atom. The van der Waals surface area contributed by atoms with Gasteiger partial charge in [0.2, 0.25) is 5.91 Å². The number of aryl methyl sites for hydroxylation is 1. The molecule has 0 aliphatic carbocycles. The highest BCUT2D eigenvalue weighted by Crippen LogP contribution is 2.38. The van der Waals surface area contributed by atoms with Crippen LogP contribution in [0.3, 0.4) is 0 Å². The van der Waals surface area contributed by atoms with Crippen molar-refractivity contribution in [3.05, 3.63) is 53.1 Å². The van der Waals surface area contributed by atoms with Crippen LogP contribution in [0.1, 0.15) is 69.2 Å². The number of nitrogens with zero attached hydrogens (tertiary/aromatic N) is 1. The van der Waals surface area contributed by atoms with Gasteiger partial charge in [-0.05, 0) is 48.6 Å². The summed E-state index contributed by atoms with van der Waals surface area (Å²) in [5.74, 6) is 1.02. The van der Waals surface area contributed by atoms with E-state index in [1.807, 2.05) is 24.3 Å². The number of ether oxygens (including phenoxy) is 2. The second-order valence-electron chi connectivity index (χ2n) is 8.24. The van der Waals surface area contributed by atoms with Crippen LogP contribution in [0.5, 0.6) is 11.5 Å². The number of methoxy groups -OCH3 is 1. The maximum absolute atomic E-state index is 13.3. The topological polar surface area (TPSA) is 67.9 Å². The Morgan fingerprint density at radius 2 is 1.78 bits per heavy atom. The van der Waals surface area contributed by atoms with E-state index >= 15 is 0 Å². The maximum Gasteiger partial charge on any atom is 0.254 e. The van der Waals surface area contributed by atoms with Gasteiger partial charge in [-0.1, -0.05) is 44.9 Å². The van der Waals surface area contributed by atoms with Crippen LogP contribution in [0.25, 0.3) is 0 Å². The Balaban J connectivity index is 1.86. The first-order chi connectivity index (χ1) is 15.5. The van der Waals surface area contributed by atoms with Crippen molar-refractivity contribution in [2.75, 3.05) is 18.6 Å². The molecule has 0 fully saturated rings. The van der Waals surface area contributed by atoms with Crippen LogP contribution in [-0.2, 0) is 22.6 Å². The third-order valence-electron chi connectivity index (χ3n) is 5.70. The number of rotatable bonds is 11. The number of amides is 2. The van der Waals surface area contributed by atoms with E-state index in [1.165, 1.54) is 12.5 Å². The lowest BCUT2D eigenvalue weighted by atomic mass is 10.0. The van der Waals surface area contributed by atoms with Gasteiger partial charge in [0, 0.05) is 18.2 Å². The fraction of sp³-hybridized carbons (Fsp3) is 0.462. The summed E-state index contributed by atoms with van der Waals surface area (Å²) in [4.78, 5) is 26.8. The predicted octanol–water partition coefficient (Wildman–Crippen LogP) is 4.94. The Bertz CT molecular complexity index is 957. The van der Waals surface area contributed by atoms with Crippen molar-refractivity contribution in [2.45, 2.75) is 65.5 Å². The third kappa shape index (κ3) is 5.42. The largest absolute Gasteiger partial charge is 0.493 e. The van der Waals surface area contributed by atoms with Crippen molar-refractivity contribution >= 4 is 17.5 Å². The van der Waals surface area contributed by atoms with Crippen molar-refractivity contribution in [3.63, 3.8) is 0 Å². The summed E-state index contributed by atoms with van der Waals surface area (Å²) in [5, 5.41) is 2.83. The molecule has 1 N–H and O–H groups in total. The zero-order valence-electron chi connectivity index (χ0n) is 19.6. The molecule has 0 radical (unpaired) electrons. The van der Waals surface area contributed by atoms with Crippen molar-refractivity contribution in [3.8, 4) is 11.5 Å². The standard InChI is InChI=1S/C26H34N2O4/c1-5-7-9-19-10-12-22-21(15-19)25(27-18(3)29)26(30)28(22)17-20-11-13-23(24(16-20)31-4)32-14-8-6-2/h10-13,15-16,25H,5-9,14,17H2,1-4H3,(H,27,29). The van der Waals surface area contributed by atoms with E-state index in [2.05, 4.69) is 31.3 Å². The quantitative estimate of drug-likeness (QED) is 0.505. The highest BCUT2D eigenvalue weighted by Gasteiger charge is 2.38. The van der Waals surface area contributed by atoms with E-state index in [0.29, 0.717) is 24.7 Å². The molecule has 6 nitrogen and oxygen atoms in total. The molecule has 6 heteroatoms. The van der Waals surface area contributed by atoms with E-state index in [1.54, 1.807) is 12.0 Å². The molecule has 3 rings (SSSR count). The first-order valence-corrected chi connectivity index (χ1v) is 11.5. The number of hydrogen-bond acceptors (Lipinski definition) is 4. The summed E-state index contributed by atoms with van der Waals surface area (Å²) in [5.41, 5.74) is 3.83. The number of unbranched alkanes of at least 4 members (excludes halogenated alkanes) is 2. The lowest BCUT2D eigenvalue weighted by Gasteiger charge is -2.19. The average molecular weight is 439 g/mol. The van der Waals surface area contributed by atoms with Gasteiger partial charge in [-0.15, -0.1) is 0 Å².